The van der Waals surface area contributed by atoms with Crippen LogP contribution in [0, 0.1) is 6.92 Å². The summed E-state index contributed by atoms with van der Waals surface area (Å²) in [6, 6.07) is 17.1. The van der Waals surface area contributed by atoms with E-state index in [-0.39, 0.29) is 23.8 Å². The number of nitrogens with one attached hydrogen (secondary N) is 1. The van der Waals surface area contributed by atoms with Crippen molar-refractivity contribution in [3.05, 3.63) is 71.3 Å². The summed E-state index contributed by atoms with van der Waals surface area (Å²) in [7, 11) is 0. The molecule has 0 bridgehead atoms. The van der Waals surface area contributed by atoms with Gasteiger partial charge >= 0.3 is 0 Å². The van der Waals surface area contributed by atoms with Crippen molar-refractivity contribution in [2.45, 2.75) is 59.2 Å². The third kappa shape index (κ3) is 6.24. The number of hydrogen-bond donors (Lipinski definition) is 1. The van der Waals surface area contributed by atoms with Crippen LogP contribution in [0.4, 0.5) is 0 Å². The Balaban J connectivity index is 2.24. The molecule has 1 unspecified atom stereocenters. The van der Waals surface area contributed by atoms with Crippen LogP contribution in [0.5, 0.6) is 0 Å². The average molecular weight is 367 g/mol. The molecule has 2 amide bonds. The van der Waals surface area contributed by atoms with Crippen LogP contribution in [0.2, 0.25) is 0 Å². The number of hydrogen-bond acceptors (Lipinski definition) is 2. The van der Waals surface area contributed by atoms with E-state index in [0.717, 1.165) is 16.7 Å². The summed E-state index contributed by atoms with van der Waals surface area (Å²) in [5.74, 6) is -0.193. The Bertz CT molecular complexity index is 778. The van der Waals surface area contributed by atoms with Crippen LogP contribution in [0.25, 0.3) is 0 Å². The van der Waals surface area contributed by atoms with Crippen LogP contribution < -0.4 is 5.32 Å². The molecular weight excluding hydrogens is 336 g/mol. The van der Waals surface area contributed by atoms with E-state index in [1.165, 1.54) is 0 Å². The van der Waals surface area contributed by atoms with Crippen LogP contribution in [0.3, 0.4) is 0 Å². The Kier molecular flexibility index (Phi) is 6.78. The van der Waals surface area contributed by atoms with Crippen LogP contribution in [0.1, 0.15) is 44.4 Å². The lowest BCUT2D eigenvalue weighted by molar-refractivity contribution is -0.140. The Morgan fingerprint density at radius 2 is 1.59 bits per heavy atom. The third-order valence-corrected chi connectivity index (χ3v) is 4.46. The minimum atomic E-state index is -0.555. The monoisotopic (exact) mass is 366 g/mol. The number of amides is 2. The summed E-state index contributed by atoms with van der Waals surface area (Å²) >= 11 is 0. The molecule has 27 heavy (non-hydrogen) atoms. The molecule has 0 saturated heterocycles. The van der Waals surface area contributed by atoms with Crippen molar-refractivity contribution in [3.63, 3.8) is 0 Å². The van der Waals surface area contributed by atoms with Crippen molar-refractivity contribution in [1.29, 1.82) is 0 Å². The molecule has 2 aromatic carbocycles. The lowest BCUT2D eigenvalue weighted by Crippen LogP contribution is -2.52. The second-order valence-electron chi connectivity index (χ2n) is 8.03. The van der Waals surface area contributed by atoms with Crippen molar-refractivity contribution in [1.82, 2.24) is 10.2 Å². The van der Waals surface area contributed by atoms with Crippen molar-refractivity contribution in [3.8, 4) is 0 Å². The molecule has 0 spiro atoms. The zero-order valence-electron chi connectivity index (χ0n) is 17.0. The van der Waals surface area contributed by atoms with Gasteiger partial charge in [-0.25, -0.2) is 0 Å². The van der Waals surface area contributed by atoms with E-state index >= 15 is 0 Å². The van der Waals surface area contributed by atoms with Crippen LogP contribution in [0.15, 0.2) is 54.6 Å². The highest BCUT2D eigenvalue weighted by molar-refractivity contribution is 5.88. The zero-order valence-corrected chi connectivity index (χ0v) is 17.0. The first-order valence-electron chi connectivity index (χ1n) is 9.37. The van der Waals surface area contributed by atoms with Crippen molar-refractivity contribution >= 4 is 11.8 Å². The van der Waals surface area contributed by atoms with E-state index in [4.69, 9.17) is 0 Å². The standard InChI is InChI=1S/C23H30N2O2/c1-17-11-9-10-14-20(17)15-21(26)25(16-19-12-7-6-8-13-19)18(2)22(27)24-23(3,4)5/h6-14,18H,15-16H2,1-5H3,(H,24,27). The lowest BCUT2D eigenvalue weighted by Gasteiger charge is -2.31. The molecule has 0 heterocycles. The molecule has 2 aromatic rings. The first kappa shape index (κ1) is 20.7. The molecule has 0 aromatic heterocycles. The molecule has 4 heteroatoms. The number of aryl methyl sites for hydroxylation is 1. The minimum absolute atomic E-state index is 0.0512. The summed E-state index contributed by atoms with van der Waals surface area (Å²) in [5.41, 5.74) is 2.73. The Hall–Kier alpha value is -2.62. The number of rotatable bonds is 6. The molecule has 0 aliphatic carbocycles. The van der Waals surface area contributed by atoms with Gasteiger partial charge in [0.05, 0.1) is 6.42 Å². The van der Waals surface area contributed by atoms with E-state index < -0.39 is 6.04 Å². The second-order valence-corrected chi connectivity index (χ2v) is 8.03. The van der Waals surface area contributed by atoms with E-state index in [1.54, 1.807) is 11.8 Å². The van der Waals surface area contributed by atoms with Gasteiger partial charge in [0.1, 0.15) is 6.04 Å². The summed E-state index contributed by atoms with van der Waals surface area (Å²) < 4.78 is 0. The fourth-order valence-corrected chi connectivity index (χ4v) is 2.91. The first-order chi connectivity index (χ1) is 12.7. The minimum Gasteiger partial charge on any atom is -0.350 e. The molecule has 1 atom stereocenters. The molecule has 1 N–H and O–H groups in total. The fraction of sp³-hybridized carbons (Fsp3) is 0.391. The van der Waals surface area contributed by atoms with Gasteiger partial charge in [0, 0.05) is 12.1 Å². The van der Waals surface area contributed by atoms with Gasteiger partial charge in [-0.3, -0.25) is 9.59 Å². The second kappa shape index (κ2) is 8.85. The molecule has 0 radical (unpaired) electrons. The van der Waals surface area contributed by atoms with Gasteiger partial charge in [0.25, 0.3) is 0 Å². The summed E-state index contributed by atoms with van der Waals surface area (Å²) in [4.78, 5) is 27.5. The van der Waals surface area contributed by atoms with Crippen LogP contribution in [-0.2, 0) is 22.6 Å². The largest absolute Gasteiger partial charge is 0.350 e. The normalized spacial score (nSPS) is 12.3. The maximum Gasteiger partial charge on any atom is 0.242 e. The molecule has 144 valence electrons. The number of benzene rings is 2. The van der Waals surface area contributed by atoms with E-state index in [9.17, 15) is 9.59 Å². The third-order valence-electron chi connectivity index (χ3n) is 4.46. The van der Waals surface area contributed by atoms with E-state index in [0.29, 0.717) is 6.54 Å². The Morgan fingerprint density at radius 1 is 1.00 bits per heavy atom. The highest BCUT2D eigenvalue weighted by Gasteiger charge is 2.28. The summed E-state index contributed by atoms with van der Waals surface area (Å²) in [6.45, 7) is 10.0. The number of carbonyl (C=O) groups excluding carboxylic acids is 2. The van der Waals surface area contributed by atoms with Gasteiger partial charge in [-0.1, -0.05) is 54.6 Å². The smallest absolute Gasteiger partial charge is 0.242 e. The van der Waals surface area contributed by atoms with E-state index in [2.05, 4.69) is 5.32 Å². The quantitative estimate of drug-likeness (QED) is 0.844. The maximum absolute atomic E-state index is 13.1. The molecule has 0 fully saturated rings. The van der Waals surface area contributed by atoms with Gasteiger partial charge in [-0.05, 0) is 51.3 Å². The van der Waals surface area contributed by atoms with Gasteiger partial charge in [-0.2, -0.15) is 0 Å². The molecule has 0 aliphatic heterocycles. The van der Waals surface area contributed by atoms with Crippen molar-refractivity contribution < 1.29 is 9.59 Å². The first-order valence-corrected chi connectivity index (χ1v) is 9.37. The van der Waals surface area contributed by atoms with Crippen LogP contribution >= 0.6 is 0 Å². The summed E-state index contributed by atoms with van der Waals surface area (Å²) in [6.07, 6.45) is 0.284. The van der Waals surface area contributed by atoms with Crippen molar-refractivity contribution in [2.24, 2.45) is 0 Å². The molecule has 2 rings (SSSR count). The average Bonchev–Trinajstić information content (AvgIpc) is 2.60. The highest BCUT2D eigenvalue weighted by atomic mass is 16.2. The number of carbonyl (C=O) groups is 2. The van der Waals surface area contributed by atoms with Gasteiger partial charge in [0.15, 0.2) is 0 Å². The van der Waals surface area contributed by atoms with E-state index in [1.807, 2.05) is 82.3 Å². The Morgan fingerprint density at radius 3 is 2.19 bits per heavy atom. The van der Waals surface area contributed by atoms with Gasteiger partial charge in [-0.15, -0.1) is 0 Å². The van der Waals surface area contributed by atoms with Crippen LogP contribution in [-0.4, -0.2) is 28.3 Å². The fourth-order valence-electron chi connectivity index (χ4n) is 2.91. The topological polar surface area (TPSA) is 49.4 Å². The van der Waals surface area contributed by atoms with Gasteiger partial charge < -0.3 is 10.2 Å². The predicted octanol–water partition coefficient (Wildman–Crippen LogP) is 3.87. The maximum atomic E-state index is 13.1. The predicted molar refractivity (Wildman–Crippen MR) is 109 cm³/mol. The Labute approximate surface area is 162 Å². The van der Waals surface area contributed by atoms with Crippen molar-refractivity contribution in [2.75, 3.05) is 0 Å². The molecule has 4 nitrogen and oxygen atoms in total. The lowest BCUT2D eigenvalue weighted by atomic mass is 10.0. The summed E-state index contributed by atoms with van der Waals surface area (Å²) in [5, 5.41) is 2.98. The SMILES string of the molecule is Cc1ccccc1CC(=O)N(Cc1ccccc1)C(C)C(=O)NC(C)(C)C. The van der Waals surface area contributed by atoms with Gasteiger partial charge in [0.2, 0.25) is 11.8 Å². The number of nitrogens with zero attached hydrogens (tertiary/aromatic N) is 1. The highest BCUT2D eigenvalue weighted by Crippen LogP contribution is 2.15. The zero-order chi connectivity index (χ0) is 20.0. The molecule has 0 saturated carbocycles. The molecule has 0 aliphatic rings. The molecular formula is C23H30N2O2.